The van der Waals surface area contributed by atoms with Crippen molar-refractivity contribution in [2.45, 2.75) is 57.6 Å². The van der Waals surface area contributed by atoms with Crippen LogP contribution < -0.4 is 5.32 Å². The summed E-state index contributed by atoms with van der Waals surface area (Å²) in [5.41, 5.74) is 1.21. The Labute approximate surface area is 145 Å². The Hall–Kier alpha value is -1.55. The molecule has 0 radical (unpaired) electrons. The van der Waals surface area contributed by atoms with Crippen LogP contribution in [0.5, 0.6) is 0 Å². The first-order valence-corrected chi connectivity index (χ1v) is 9.42. The molecule has 2 amide bonds. The third kappa shape index (κ3) is 4.29. The number of urea groups is 1. The van der Waals surface area contributed by atoms with E-state index >= 15 is 0 Å². The fourth-order valence-corrected chi connectivity index (χ4v) is 3.85. The van der Waals surface area contributed by atoms with Gasteiger partial charge in [0, 0.05) is 13.1 Å². The second-order valence-corrected chi connectivity index (χ2v) is 7.51. The molecule has 2 unspecified atom stereocenters. The van der Waals surface area contributed by atoms with Gasteiger partial charge in [-0.2, -0.15) is 0 Å². The Kier molecular flexibility index (Phi) is 5.77. The van der Waals surface area contributed by atoms with E-state index < -0.39 is 0 Å². The Morgan fingerprint density at radius 2 is 1.88 bits per heavy atom. The highest BCUT2D eigenvalue weighted by molar-refractivity contribution is 5.74. The third-order valence-corrected chi connectivity index (χ3v) is 5.80. The molecule has 1 saturated heterocycles. The fourth-order valence-electron chi connectivity index (χ4n) is 3.85. The highest BCUT2D eigenvalue weighted by Crippen LogP contribution is 2.35. The molecule has 0 aromatic heterocycles. The van der Waals surface area contributed by atoms with Gasteiger partial charge in [0.1, 0.15) is 0 Å². The quantitative estimate of drug-likeness (QED) is 0.864. The van der Waals surface area contributed by atoms with E-state index in [4.69, 9.17) is 0 Å². The topological polar surface area (TPSA) is 52.6 Å². The van der Waals surface area contributed by atoms with Crippen LogP contribution in [0, 0.1) is 11.8 Å². The molecule has 1 heterocycles. The Balaban J connectivity index is 1.59. The van der Waals surface area contributed by atoms with E-state index in [0.29, 0.717) is 5.92 Å². The molecule has 1 aliphatic heterocycles. The number of hydrogen-bond acceptors (Lipinski definition) is 2. The molecule has 2 aliphatic rings. The molecule has 24 heavy (non-hydrogen) atoms. The van der Waals surface area contributed by atoms with Gasteiger partial charge in [-0.3, -0.25) is 0 Å². The first-order chi connectivity index (χ1) is 11.6. The number of nitrogens with one attached hydrogen (secondary N) is 1. The number of aliphatic hydroxyl groups is 1. The van der Waals surface area contributed by atoms with Crippen molar-refractivity contribution in [2.24, 2.45) is 11.8 Å². The van der Waals surface area contributed by atoms with Gasteiger partial charge in [0.25, 0.3) is 0 Å². The molecule has 1 aliphatic carbocycles. The Morgan fingerprint density at radius 3 is 2.42 bits per heavy atom. The zero-order chi connectivity index (χ0) is 16.9. The van der Waals surface area contributed by atoms with Crippen LogP contribution in [0.3, 0.4) is 0 Å². The molecule has 3 rings (SSSR count). The SMILES string of the molecule is CC(O)C1CCN(C(=O)NC(CC2CCC2)c2ccccc2)CC1. The summed E-state index contributed by atoms with van der Waals surface area (Å²) in [5.74, 6) is 1.07. The first-order valence-electron chi connectivity index (χ1n) is 9.42. The Morgan fingerprint density at radius 1 is 1.21 bits per heavy atom. The predicted molar refractivity (Wildman–Crippen MR) is 95.7 cm³/mol. The highest BCUT2D eigenvalue weighted by atomic mass is 16.3. The molecule has 2 atom stereocenters. The lowest BCUT2D eigenvalue weighted by atomic mass is 9.79. The number of carbonyl (C=O) groups excluding carboxylic acids is 1. The predicted octanol–water partition coefficient (Wildman–Crippen LogP) is 3.72. The van der Waals surface area contributed by atoms with Crippen molar-refractivity contribution in [3.05, 3.63) is 35.9 Å². The highest BCUT2D eigenvalue weighted by Gasteiger charge is 2.28. The van der Waals surface area contributed by atoms with Crippen molar-refractivity contribution >= 4 is 6.03 Å². The van der Waals surface area contributed by atoms with Crippen LogP contribution in [0.1, 0.15) is 57.1 Å². The largest absolute Gasteiger partial charge is 0.393 e. The van der Waals surface area contributed by atoms with Crippen LogP contribution in [0.4, 0.5) is 4.79 Å². The van der Waals surface area contributed by atoms with Crippen LogP contribution in [0.15, 0.2) is 30.3 Å². The molecular formula is C20H30N2O2. The molecule has 2 fully saturated rings. The minimum atomic E-state index is -0.272. The zero-order valence-electron chi connectivity index (χ0n) is 14.7. The maximum atomic E-state index is 12.7. The molecule has 4 nitrogen and oxygen atoms in total. The van der Waals surface area contributed by atoms with Crippen molar-refractivity contribution in [1.82, 2.24) is 10.2 Å². The van der Waals surface area contributed by atoms with Gasteiger partial charge in [-0.1, -0.05) is 49.6 Å². The first kappa shape index (κ1) is 17.3. The molecule has 1 saturated carbocycles. The third-order valence-electron chi connectivity index (χ3n) is 5.80. The van der Waals surface area contributed by atoms with Crippen LogP contribution in [-0.2, 0) is 0 Å². The fraction of sp³-hybridized carbons (Fsp3) is 0.650. The summed E-state index contributed by atoms with van der Waals surface area (Å²) in [5, 5.41) is 13.0. The van der Waals surface area contributed by atoms with E-state index in [-0.39, 0.29) is 18.2 Å². The number of carbonyl (C=O) groups is 1. The molecule has 0 spiro atoms. The van der Waals surface area contributed by atoms with Gasteiger partial charge < -0.3 is 15.3 Å². The smallest absolute Gasteiger partial charge is 0.317 e. The number of nitrogens with zero attached hydrogens (tertiary/aromatic N) is 1. The number of amides is 2. The second-order valence-electron chi connectivity index (χ2n) is 7.51. The van der Waals surface area contributed by atoms with E-state index in [2.05, 4.69) is 17.4 Å². The standard InChI is InChI=1S/C20H30N2O2/c1-15(23)17-10-12-22(13-11-17)20(24)21-19(14-16-6-5-7-16)18-8-3-2-4-9-18/h2-4,8-9,15-17,19,23H,5-7,10-14H2,1H3,(H,21,24). The maximum absolute atomic E-state index is 12.7. The molecule has 0 bridgehead atoms. The van der Waals surface area contributed by atoms with Crippen LogP contribution in [-0.4, -0.2) is 35.2 Å². The van der Waals surface area contributed by atoms with Gasteiger partial charge in [-0.15, -0.1) is 0 Å². The lowest BCUT2D eigenvalue weighted by Gasteiger charge is -2.35. The van der Waals surface area contributed by atoms with E-state index in [1.165, 1.54) is 24.8 Å². The van der Waals surface area contributed by atoms with Gasteiger partial charge >= 0.3 is 6.03 Å². The Bertz CT molecular complexity index is 520. The van der Waals surface area contributed by atoms with Gasteiger partial charge in [-0.05, 0) is 43.6 Å². The summed E-state index contributed by atoms with van der Waals surface area (Å²) in [7, 11) is 0. The number of likely N-dealkylation sites (tertiary alicyclic amines) is 1. The number of piperidine rings is 1. The van der Waals surface area contributed by atoms with Crippen LogP contribution >= 0.6 is 0 Å². The van der Waals surface area contributed by atoms with E-state index in [0.717, 1.165) is 38.3 Å². The van der Waals surface area contributed by atoms with Gasteiger partial charge in [0.05, 0.1) is 12.1 Å². The summed E-state index contributed by atoms with van der Waals surface area (Å²) in [4.78, 5) is 14.6. The van der Waals surface area contributed by atoms with Crippen molar-refractivity contribution in [2.75, 3.05) is 13.1 Å². The number of rotatable bonds is 5. The van der Waals surface area contributed by atoms with E-state index in [1.807, 2.05) is 30.0 Å². The van der Waals surface area contributed by atoms with Crippen molar-refractivity contribution in [1.29, 1.82) is 0 Å². The number of aliphatic hydroxyl groups excluding tert-OH is 1. The normalized spacial score (nSPS) is 21.8. The molecule has 1 aromatic carbocycles. The number of benzene rings is 1. The molecular weight excluding hydrogens is 300 g/mol. The summed E-state index contributed by atoms with van der Waals surface area (Å²) < 4.78 is 0. The van der Waals surface area contributed by atoms with Crippen molar-refractivity contribution in [3.8, 4) is 0 Å². The average Bonchev–Trinajstić information content (AvgIpc) is 2.57. The summed E-state index contributed by atoms with van der Waals surface area (Å²) in [6, 6.07) is 10.5. The summed E-state index contributed by atoms with van der Waals surface area (Å²) in [6.45, 7) is 3.34. The molecule has 1 aromatic rings. The van der Waals surface area contributed by atoms with Gasteiger partial charge in [0.15, 0.2) is 0 Å². The van der Waals surface area contributed by atoms with E-state index in [9.17, 15) is 9.90 Å². The molecule has 2 N–H and O–H groups in total. The summed E-state index contributed by atoms with van der Waals surface area (Å²) >= 11 is 0. The average molecular weight is 330 g/mol. The lowest BCUT2D eigenvalue weighted by molar-refractivity contribution is 0.0789. The minimum absolute atomic E-state index is 0.0484. The number of hydrogen-bond donors (Lipinski definition) is 2. The lowest BCUT2D eigenvalue weighted by Crippen LogP contribution is -2.47. The van der Waals surface area contributed by atoms with Gasteiger partial charge in [-0.25, -0.2) is 4.79 Å². The maximum Gasteiger partial charge on any atom is 0.317 e. The van der Waals surface area contributed by atoms with Crippen LogP contribution in [0.25, 0.3) is 0 Å². The minimum Gasteiger partial charge on any atom is -0.393 e. The zero-order valence-corrected chi connectivity index (χ0v) is 14.7. The second kappa shape index (κ2) is 8.02. The van der Waals surface area contributed by atoms with E-state index in [1.54, 1.807) is 0 Å². The van der Waals surface area contributed by atoms with Crippen molar-refractivity contribution in [3.63, 3.8) is 0 Å². The van der Waals surface area contributed by atoms with Gasteiger partial charge in [0.2, 0.25) is 0 Å². The molecule has 4 heteroatoms. The van der Waals surface area contributed by atoms with Crippen molar-refractivity contribution < 1.29 is 9.90 Å². The summed E-state index contributed by atoms with van der Waals surface area (Å²) in [6.07, 6.45) is 6.46. The molecule has 132 valence electrons. The monoisotopic (exact) mass is 330 g/mol. The van der Waals surface area contributed by atoms with Crippen LogP contribution in [0.2, 0.25) is 0 Å².